The fraction of sp³-hybridized carbons (Fsp3) is 0.176. The normalized spacial score (nSPS) is 13.4. The first-order valence-electron chi connectivity index (χ1n) is 6.71. The van der Waals surface area contributed by atoms with Gasteiger partial charge >= 0.3 is 0 Å². The van der Waals surface area contributed by atoms with Gasteiger partial charge in [0.05, 0.1) is 11.8 Å². The Labute approximate surface area is 123 Å². The van der Waals surface area contributed by atoms with Crippen LogP contribution in [0.4, 0.5) is 0 Å². The molecule has 108 valence electrons. The van der Waals surface area contributed by atoms with E-state index in [-0.39, 0.29) is 0 Å². The highest BCUT2D eigenvalue weighted by Crippen LogP contribution is 2.32. The van der Waals surface area contributed by atoms with Crippen LogP contribution in [0.2, 0.25) is 0 Å². The van der Waals surface area contributed by atoms with Crippen molar-refractivity contribution in [1.82, 2.24) is 0 Å². The molecule has 0 heterocycles. The molecule has 2 unspecified atom stereocenters. The van der Waals surface area contributed by atoms with Crippen LogP contribution in [-0.2, 0) is 9.59 Å². The second-order valence-corrected chi connectivity index (χ2v) is 5.08. The highest BCUT2D eigenvalue weighted by atomic mass is 16.2. The molecule has 2 aromatic rings. The molecular formula is C17H18N2O2. The second-order valence-electron chi connectivity index (χ2n) is 5.08. The molecule has 2 aromatic carbocycles. The monoisotopic (exact) mass is 282 g/mol. The Balaban J connectivity index is 2.50. The third-order valence-electron chi connectivity index (χ3n) is 3.54. The number of carbonyl (C=O) groups excluding carboxylic acids is 2. The maximum Gasteiger partial charge on any atom is 0.226 e. The maximum absolute atomic E-state index is 11.9. The van der Waals surface area contributed by atoms with E-state index in [4.69, 9.17) is 11.5 Å². The van der Waals surface area contributed by atoms with E-state index in [1.807, 2.05) is 37.3 Å². The van der Waals surface area contributed by atoms with E-state index in [1.54, 1.807) is 24.3 Å². The van der Waals surface area contributed by atoms with Crippen molar-refractivity contribution in [2.75, 3.05) is 0 Å². The molecule has 4 heteroatoms. The quantitative estimate of drug-likeness (QED) is 0.876. The first-order chi connectivity index (χ1) is 10.0. The number of nitrogens with two attached hydrogens (primary N) is 2. The highest BCUT2D eigenvalue weighted by molar-refractivity contribution is 5.93. The molecule has 0 saturated carbocycles. The summed E-state index contributed by atoms with van der Waals surface area (Å²) in [6, 6.07) is 16.4. The molecule has 0 aliphatic heterocycles. The number of benzene rings is 2. The van der Waals surface area contributed by atoms with Gasteiger partial charge in [0.1, 0.15) is 0 Å². The summed E-state index contributed by atoms with van der Waals surface area (Å²) in [7, 11) is 0. The number of hydrogen-bond acceptors (Lipinski definition) is 2. The molecule has 0 radical (unpaired) electrons. The summed E-state index contributed by atoms with van der Waals surface area (Å²) >= 11 is 0. The molecule has 4 N–H and O–H groups in total. The van der Waals surface area contributed by atoms with Crippen molar-refractivity contribution in [3.05, 3.63) is 71.3 Å². The first-order valence-corrected chi connectivity index (χ1v) is 6.71. The van der Waals surface area contributed by atoms with Gasteiger partial charge in [-0.25, -0.2) is 0 Å². The number of carbonyl (C=O) groups is 2. The van der Waals surface area contributed by atoms with Crippen molar-refractivity contribution in [2.24, 2.45) is 11.5 Å². The SMILES string of the molecule is Cc1ccc(C(C(N)=O)C(C(N)=O)c2ccccc2)cc1. The van der Waals surface area contributed by atoms with Gasteiger partial charge in [0.15, 0.2) is 0 Å². The molecule has 0 aliphatic carbocycles. The molecule has 0 spiro atoms. The standard InChI is InChI=1S/C17H18N2O2/c1-11-7-9-13(10-8-11)15(17(19)21)14(16(18)20)12-5-3-2-4-6-12/h2-10,14-15H,1H3,(H2,18,20)(H2,19,21). The van der Waals surface area contributed by atoms with E-state index in [9.17, 15) is 9.59 Å². The zero-order chi connectivity index (χ0) is 15.4. The summed E-state index contributed by atoms with van der Waals surface area (Å²) in [5.74, 6) is -2.67. The summed E-state index contributed by atoms with van der Waals surface area (Å²) in [5.41, 5.74) is 13.5. The maximum atomic E-state index is 11.9. The van der Waals surface area contributed by atoms with Crippen LogP contribution >= 0.6 is 0 Å². The van der Waals surface area contributed by atoms with Crippen LogP contribution in [-0.4, -0.2) is 11.8 Å². The molecule has 2 atom stereocenters. The van der Waals surface area contributed by atoms with Crippen LogP contribution in [0.25, 0.3) is 0 Å². The van der Waals surface area contributed by atoms with E-state index >= 15 is 0 Å². The minimum absolute atomic E-state index is 0.563. The van der Waals surface area contributed by atoms with Crippen LogP contribution < -0.4 is 11.5 Å². The van der Waals surface area contributed by atoms with Crippen molar-refractivity contribution in [3.63, 3.8) is 0 Å². The Morgan fingerprint density at radius 3 is 1.62 bits per heavy atom. The fourth-order valence-corrected chi connectivity index (χ4v) is 2.48. The van der Waals surface area contributed by atoms with Gasteiger partial charge in [-0.2, -0.15) is 0 Å². The summed E-state index contributed by atoms with van der Waals surface area (Å²) in [6.07, 6.45) is 0. The first kappa shape index (κ1) is 14.8. The molecule has 2 rings (SSSR count). The van der Waals surface area contributed by atoms with Crippen LogP contribution in [0, 0.1) is 6.92 Å². The van der Waals surface area contributed by atoms with Gasteiger partial charge < -0.3 is 11.5 Å². The minimum atomic E-state index is -0.773. The minimum Gasteiger partial charge on any atom is -0.369 e. The summed E-state index contributed by atoms with van der Waals surface area (Å²) < 4.78 is 0. The Morgan fingerprint density at radius 1 is 0.762 bits per heavy atom. The van der Waals surface area contributed by atoms with Crippen molar-refractivity contribution < 1.29 is 9.59 Å². The molecular weight excluding hydrogens is 264 g/mol. The van der Waals surface area contributed by atoms with Gasteiger partial charge in [-0.05, 0) is 18.1 Å². The van der Waals surface area contributed by atoms with Crippen LogP contribution in [0.1, 0.15) is 28.5 Å². The molecule has 21 heavy (non-hydrogen) atoms. The van der Waals surface area contributed by atoms with Gasteiger partial charge in [0, 0.05) is 0 Å². The summed E-state index contributed by atoms with van der Waals surface area (Å²) in [5, 5.41) is 0. The predicted octanol–water partition coefficient (Wildman–Crippen LogP) is 1.83. The molecule has 2 amide bonds. The van der Waals surface area contributed by atoms with Crippen molar-refractivity contribution >= 4 is 11.8 Å². The number of rotatable bonds is 5. The lowest BCUT2D eigenvalue weighted by molar-refractivity contribution is -0.126. The second kappa shape index (κ2) is 6.22. The average Bonchev–Trinajstić information content (AvgIpc) is 2.46. The zero-order valence-electron chi connectivity index (χ0n) is 11.8. The fourth-order valence-electron chi connectivity index (χ4n) is 2.48. The van der Waals surface area contributed by atoms with Crippen LogP contribution in [0.3, 0.4) is 0 Å². The van der Waals surface area contributed by atoms with Gasteiger partial charge in [-0.3, -0.25) is 9.59 Å². The molecule has 0 aromatic heterocycles. The van der Waals surface area contributed by atoms with Crippen molar-refractivity contribution in [2.45, 2.75) is 18.8 Å². The smallest absolute Gasteiger partial charge is 0.226 e. The van der Waals surface area contributed by atoms with E-state index < -0.39 is 23.7 Å². The van der Waals surface area contributed by atoms with Gasteiger partial charge in [-0.15, -0.1) is 0 Å². The van der Waals surface area contributed by atoms with Crippen LogP contribution in [0.15, 0.2) is 54.6 Å². The number of hydrogen-bond donors (Lipinski definition) is 2. The molecule has 0 aliphatic rings. The lowest BCUT2D eigenvalue weighted by atomic mass is 9.80. The van der Waals surface area contributed by atoms with Crippen LogP contribution in [0.5, 0.6) is 0 Å². The zero-order valence-corrected chi connectivity index (χ0v) is 11.8. The number of primary amides is 2. The van der Waals surface area contributed by atoms with E-state index in [1.165, 1.54) is 0 Å². The number of amides is 2. The Kier molecular flexibility index (Phi) is 4.38. The molecule has 4 nitrogen and oxygen atoms in total. The largest absolute Gasteiger partial charge is 0.369 e. The lowest BCUT2D eigenvalue weighted by Crippen LogP contribution is -2.34. The molecule has 0 fully saturated rings. The topological polar surface area (TPSA) is 86.2 Å². The molecule has 0 bridgehead atoms. The lowest BCUT2D eigenvalue weighted by Gasteiger charge is -2.23. The Morgan fingerprint density at radius 2 is 1.19 bits per heavy atom. The summed E-state index contributed by atoms with van der Waals surface area (Å²) in [4.78, 5) is 23.8. The van der Waals surface area contributed by atoms with Gasteiger partial charge in [-0.1, -0.05) is 60.2 Å². The van der Waals surface area contributed by atoms with E-state index in [0.717, 1.165) is 5.56 Å². The van der Waals surface area contributed by atoms with Gasteiger partial charge in [0.2, 0.25) is 11.8 Å². The third kappa shape index (κ3) is 3.28. The Hall–Kier alpha value is -2.62. The van der Waals surface area contributed by atoms with Crippen molar-refractivity contribution in [1.29, 1.82) is 0 Å². The average molecular weight is 282 g/mol. The number of aryl methyl sites for hydroxylation is 1. The predicted molar refractivity (Wildman–Crippen MR) is 81.5 cm³/mol. The molecule has 0 saturated heterocycles. The third-order valence-corrected chi connectivity index (χ3v) is 3.54. The summed E-state index contributed by atoms with van der Waals surface area (Å²) in [6.45, 7) is 1.95. The Bertz CT molecular complexity index is 636. The van der Waals surface area contributed by atoms with E-state index in [2.05, 4.69) is 0 Å². The van der Waals surface area contributed by atoms with Gasteiger partial charge in [0.25, 0.3) is 0 Å². The van der Waals surface area contributed by atoms with Crippen molar-refractivity contribution in [3.8, 4) is 0 Å². The van der Waals surface area contributed by atoms with E-state index in [0.29, 0.717) is 11.1 Å². The highest BCUT2D eigenvalue weighted by Gasteiger charge is 2.33.